The summed E-state index contributed by atoms with van der Waals surface area (Å²) in [5, 5.41) is 0. The van der Waals surface area contributed by atoms with Gasteiger partial charge in [-0.15, -0.1) is 0 Å². The molecule has 0 aliphatic carbocycles. The minimum absolute atomic E-state index is 0.0814. The fourth-order valence-electron chi connectivity index (χ4n) is 3.59. The maximum absolute atomic E-state index is 13.0. The summed E-state index contributed by atoms with van der Waals surface area (Å²) >= 11 is 0. The van der Waals surface area contributed by atoms with E-state index in [0.717, 1.165) is 42.0 Å². The molecule has 0 bridgehead atoms. The van der Waals surface area contributed by atoms with Gasteiger partial charge in [-0.1, -0.05) is 18.2 Å². The number of fused-ring (bicyclic) bond motifs is 2. The molecule has 2 aliphatic rings. The van der Waals surface area contributed by atoms with Crippen molar-refractivity contribution >= 4 is 17.8 Å². The summed E-state index contributed by atoms with van der Waals surface area (Å²) in [6.07, 6.45) is 3.94. The Hall–Kier alpha value is -2.62. The standard InChI is InChI=1S/C20H20N2O2/c1-20-10-3-11-22(20)19(23)17-12-15(6-9-18(17)21-13-20)14-4-7-16(24-2)8-5-14/h4-9,12-13H,3,10-11H2,1-2H3. The molecule has 122 valence electrons. The predicted molar refractivity (Wildman–Crippen MR) is 95.3 cm³/mol. The maximum Gasteiger partial charge on any atom is 0.256 e. The number of ether oxygens (including phenoxy) is 1. The van der Waals surface area contributed by atoms with E-state index in [0.29, 0.717) is 5.56 Å². The smallest absolute Gasteiger partial charge is 0.256 e. The zero-order chi connectivity index (χ0) is 16.7. The molecule has 2 aliphatic heterocycles. The van der Waals surface area contributed by atoms with Crippen molar-refractivity contribution < 1.29 is 9.53 Å². The van der Waals surface area contributed by atoms with Gasteiger partial charge in [-0.25, -0.2) is 0 Å². The summed E-state index contributed by atoms with van der Waals surface area (Å²) in [6.45, 7) is 2.89. The third-order valence-electron chi connectivity index (χ3n) is 5.06. The number of carbonyl (C=O) groups excluding carboxylic acids is 1. The molecule has 2 aromatic carbocycles. The molecule has 0 spiro atoms. The lowest BCUT2D eigenvalue weighted by Crippen LogP contribution is -2.45. The number of carbonyl (C=O) groups is 1. The van der Waals surface area contributed by atoms with Gasteiger partial charge in [-0.05, 0) is 55.2 Å². The highest BCUT2D eigenvalue weighted by Crippen LogP contribution is 2.36. The van der Waals surface area contributed by atoms with E-state index in [1.165, 1.54) is 0 Å². The first-order chi connectivity index (χ1) is 11.6. The van der Waals surface area contributed by atoms with Crippen LogP contribution in [0.3, 0.4) is 0 Å². The molecule has 1 saturated heterocycles. The highest BCUT2D eigenvalue weighted by Gasteiger charge is 2.40. The van der Waals surface area contributed by atoms with Crippen LogP contribution in [-0.2, 0) is 0 Å². The fraction of sp³-hybridized carbons (Fsp3) is 0.300. The number of amides is 1. The second kappa shape index (κ2) is 5.48. The van der Waals surface area contributed by atoms with E-state index in [1.54, 1.807) is 7.11 Å². The minimum Gasteiger partial charge on any atom is -0.497 e. The zero-order valence-corrected chi connectivity index (χ0v) is 14.0. The van der Waals surface area contributed by atoms with Gasteiger partial charge in [0.1, 0.15) is 5.75 Å². The molecule has 2 aromatic rings. The molecule has 0 N–H and O–H groups in total. The largest absolute Gasteiger partial charge is 0.497 e. The highest BCUT2D eigenvalue weighted by atomic mass is 16.5. The first kappa shape index (κ1) is 14.9. The van der Waals surface area contributed by atoms with Crippen LogP contribution in [0.4, 0.5) is 5.69 Å². The Bertz CT molecular complexity index is 826. The van der Waals surface area contributed by atoms with E-state index in [4.69, 9.17) is 4.74 Å². The van der Waals surface area contributed by atoms with Gasteiger partial charge in [-0.3, -0.25) is 9.79 Å². The van der Waals surface area contributed by atoms with Crippen LogP contribution in [0.15, 0.2) is 47.5 Å². The van der Waals surface area contributed by atoms with Gasteiger partial charge >= 0.3 is 0 Å². The van der Waals surface area contributed by atoms with Gasteiger partial charge in [0.05, 0.1) is 23.9 Å². The van der Waals surface area contributed by atoms with Crippen molar-refractivity contribution in [2.24, 2.45) is 4.99 Å². The Morgan fingerprint density at radius 1 is 1.12 bits per heavy atom. The summed E-state index contributed by atoms with van der Waals surface area (Å²) in [4.78, 5) is 19.6. The lowest BCUT2D eigenvalue weighted by Gasteiger charge is -2.30. The van der Waals surface area contributed by atoms with Crippen molar-refractivity contribution in [2.45, 2.75) is 25.3 Å². The molecule has 4 rings (SSSR count). The number of aliphatic imine (C=N–C) groups is 1. The maximum atomic E-state index is 13.0. The predicted octanol–water partition coefficient (Wildman–Crippen LogP) is 4.07. The topological polar surface area (TPSA) is 41.9 Å². The van der Waals surface area contributed by atoms with Crippen molar-refractivity contribution in [3.8, 4) is 16.9 Å². The Balaban J connectivity index is 1.76. The molecule has 1 fully saturated rings. The molecular weight excluding hydrogens is 300 g/mol. The Morgan fingerprint density at radius 2 is 1.88 bits per heavy atom. The lowest BCUT2D eigenvalue weighted by molar-refractivity contribution is 0.0712. The molecule has 0 aromatic heterocycles. The van der Waals surface area contributed by atoms with E-state index in [2.05, 4.69) is 11.9 Å². The number of nitrogens with zero attached hydrogens (tertiary/aromatic N) is 2. The molecule has 24 heavy (non-hydrogen) atoms. The zero-order valence-electron chi connectivity index (χ0n) is 14.0. The molecule has 4 heteroatoms. The summed E-state index contributed by atoms with van der Waals surface area (Å²) < 4.78 is 5.21. The van der Waals surface area contributed by atoms with Gasteiger partial charge in [0.25, 0.3) is 5.91 Å². The third-order valence-corrected chi connectivity index (χ3v) is 5.06. The Kier molecular flexibility index (Phi) is 3.41. The first-order valence-corrected chi connectivity index (χ1v) is 8.26. The SMILES string of the molecule is COc1ccc(-c2ccc3c(c2)C(=O)N2CCCC2(C)C=N3)cc1. The van der Waals surface area contributed by atoms with Gasteiger partial charge in [0.2, 0.25) is 0 Å². The minimum atomic E-state index is -0.254. The van der Waals surface area contributed by atoms with E-state index >= 15 is 0 Å². The van der Waals surface area contributed by atoms with Crippen LogP contribution in [0.25, 0.3) is 11.1 Å². The highest BCUT2D eigenvalue weighted by molar-refractivity contribution is 6.04. The number of methoxy groups -OCH3 is 1. The van der Waals surface area contributed by atoms with Crippen LogP contribution in [0.2, 0.25) is 0 Å². The number of hydrogen-bond acceptors (Lipinski definition) is 3. The van der Waals surface area contributed by atoms with Crippen LogP contribution >= 0.6 is 0 Å². The van der Waals surface area contributed by atoms with Gasteiger partial charge < -0.3 is 9.64 Å². The van der Waals surface area contributed by atoms with Gasteiger partial charge in [0, 0.05) is 12.8 Å². The molecule has 2 heterocycles. The molecule has 0 saturated carbocycles. The lowest BCUT2D eigenvalue weighted by atomic mass is 9.99. The van der Waals surface area contributed by atoms with Crippen molar-refractivity contribution in [1.82, 2.24) is 4.90 Å². The molecule has 1 amide bonds. The van der Waals surface area contributed by atoms with Crippen molar-refractivity contribution in [1.29, 1.82) is 0 Å². The molecule has 0 radical (unpaired) electrons. The van der Waals surface area contributed by atoms with Crippen LogP contribution in [-0.4, -0.2) is 36.2 Å². The average molecular weight is 320 g/mol. The van der Waals surface area contributed by atoms with Gasteiger partial charge in [-0.2, -0.15) is 0 Å². The second-order valence-corrected chi connectivity index (χ2v) is 6.64. The summed E-state index contributed by atoms with van der Waals surface area (Å²) in [5.74, 6) is 0.903. The quantitative estimate of drug-likeness (QED) is 0.837. The Morgan fingerprint density at radius 3 is 2.62 bits per heavy atom. The fourth-order valence-corrected chi connectivity index (χ4v) is 3.59. The second-order valence-electron chi connectivity index (χ2n) is 6.64. The first-order valence-electron chi connectivity index (χ1n) is 8.26. The van der Waals surface area contributed by atoms with E-state index < -0.39 is 0 Å². The van der Waals surface area contributed by atoms with Crippen molar-refractivity contribution in [3.05, 3.63) is 48.0 Å². The molecule has 4 nitrogen and oxygen atoms in total. The molecular formula is C20H20N2O2. The van der Waals surface area contributed by atoms with Gasteiger partial charge in [0.15, 0.2) is 0 Å². The van der Waals surface area contributed by atoms with E-state index in [1.807, 2.05) is 53.6 Å². The third kappa shape index (κ3) is 2.30. The Labute approximate surface area is 141 Å². The van der Waals surface area contributed by atoms with Crippen LogP contribution in [0, 0.1) is 0 Å². The summed E-state index contributed by atoms with van der Waals surface area (Å²) in [5.41, 5.74) is 3.26. The van der Waals surface area contributed by atoms with Crippen molar-refractivity contribution in [2.75, 3.05) is 13.7 Å². The summed E-state index contributed by atoms with van der Waals surface area (Å²) in [7, 11) is 1.65. The normalized spacial score (nSPS) is 22.1. The van der Waals surface area contributed by atoms with Crippen LogP contribution in [0.1, 0.15) is 30.1 Å². The van der Waals surface area contributed by atoms with Crippen LogP contribution < -0.4 is 4.74 Å². The molecule has 1 atom stereocenters. The number of rotatable bonds is 2. The van der Waals surface area contributed by atoms with E-state index in [-0.39, 0.29) is 11.4 Å². The number of benzene rings is 2. The monoisotopic (exact) mass is 320 g/mol. The van der Waals surface area contributed by atoms with E-state index in [9.17, 15) is 4.79 Å². The molecule has 1 unspecified atom stereocenters. The summed E-state index contributed by atoms with van der Waals surface area (Å²) in [6, 6.07) is 13.8. The van der Waals surface area contributed by atoms with Crippen LogP contribution in [0.5, 0.6) is 5.75 Å². The number of hydrogen-bond donors (Lipinski definition) is 0. The average Bonchev–Trinajstić information content (AvgIpc) is 2.97. The van der Waals surface area contributed by atoms with Crippen molar-refractivity contribution in [3.63, 3.8) is 0 Å².